The second-order valence-electron chi connectivity index (χ2n) is 3.33. The zero-order chi connectivity index (χ0) is 11.5. The van der Waals surface area contributed by atoms with E-state index < -0.39 is 17.8 Å². The molecule has 1 unspecified atom stereocenters. The van der Waals surface area contributed by atoms with Crippen LogP contribution in [-0.2, 0) is 10.4 Å². The van der Waals surface area contributed by atoms with Crippen molar-refractivity contribution in [2.45, 2.75) is 18.9 Å². The van der Waals surface area contributed by atoms with Gasteiger partial charge in [-0.05, 0) is 13.0 Å². The Kier molecular flexibility index (Phi) is 3.17. The second-order valence-corrected chi connectivity index (χ2v) is 3.33. The maximum Gasteiger partial charge on any atom is 0.186 e. The summed E-state index contributed by atoms with van der Waals surface area (Å²) in [6.45, 7) is 1.24. The van der Waals surface area contributed by atoms with E-state index in [1.54, 1.807) is 6.07 Å². The van der Waals surface area contributed by atoms with Crippen molar-refractivity contribution in [1.82, 2.24) is 0 Å². The molecule has 0 spiro atoms. The summed E-state index contributed by atoms with van der Waals surface area (Å²) in [6.07, 6.45) is -0.412. The summed E-state index contributed by atoms with van der Waals surface area (Å²) in [6, 6.07) is 6.94. The van der Waals surface area contributed by atoms with Crippen LogP contribution in [0.4, 0.5) is 4.39 Å². The third-order valence-electron chi connectivity index (χ3n) is 2.01. The van der Waals surface area contributed by atoms with Crippen LogP contribution in [0.25, 0.3) is 0 Å². The van der Waals surface area contributed by atoms with Gasteiger partial charge in [-0.3, -0.25) is 4.79 Å². The molecule has 1 N–H and O–H groups in total. The van der Waals surface area contributed by atoms with Crippen LogP contribution >= 0.6 is 0 Å². The molecule has 0 radical (unpaired) electrons. The number of rotatable bonds is 3. The lowest BCUT2D eigenvalue weighted by atomic mass is 9.90. The molecule has 0 aliphatic rings. The Hall–Kier alpha value is -1.73. The van der Waals surface area contributed by atoms with Crippen molar-refractivity contribution < 1.29 is 14.3 Å². The minimum atomic E-state index is -2.07. The van der Waals surface area contributed by atoms with Crippen LogP contribution in [0.2, 0.25) is 0 Å². The largest absolute Gasteiger partial charge is 0.371 e. The molecule has 0 aliphatic carbocycles. The Morgan fingerprint density at radius 1 is 1.60 bits per heavy atom. The summed E-state index contributed by atoms with van der Waals surface area (Å²) < 4.78 is 13.3. The predicted octanol–water partition coefficient (Wildman–Crippen LogP) is 1.52. The van der Waals surface area contributed by atoms with Gasteiger partial charge in [0.05, 0.1) is 6.42 Å². The van der Waals surface area contributed by atoms with E-state index in [1.165, 1.54) is 25.1 Å². The smallest absolute Gasteiger partial charge is 0.186 e. The monoisotopic (exact) mass is 207 g/mol. The van der Waals surface area contributed by atoms with Crippen molar-refractivity contribution in [1.29, 1.82) is 5.26 Å². The molecule has 0 fully saturated rings. The Morgan fingerprint density at radius 2 is 2.20 bits per heavy atom. The Morgan fingerprint density at radius 3 is 2.67 bits per heavy atom. The molecule has 3 nitrogen and oxygen atoms in total. The number of hydrogen-bond acceptors (Lipinski definition) is 3. The highest BCUT2D eigenvalue weighted by Crippen LogP contribution is 2.26. The number of Topliss-reactive ketones (excluding diaryl/α,β-unsaturated/α-hetero) is 1. The van der Waals surface area contributed by atoms with Crippen LogP contribution in [0.1, 0.15) is 18.9 Å². The fourth-order valence-electron chi connectivity index (χ4n) is 1.35. The molecular formula is C11H10FNO2. The maximum atomic E-state index is 13.3. The first-order valence-electron chi connectivity index (χ1n) is 4.37. The van der Waals surface area contributed by atoms with Crippen molar-refractivity contribution in [3.8, 4) is 6.07 Å². The van der Waals surface area contributed by atoms with Gasteiger partial charge in [0.2, 0.25) is 0 Å². The Bertz CT molecular complexity index is 425. The number of ketones is 1. The molecule has 15 heavy (non-hydrogen) atoms. The molecular weight excluding hydrogens is 197 g/mol. The summed E-state index contributed by atoms with van der Waals surface area (Å²) >= 11 is 0. The van der Waals surface area contributed by atoms with Gasteiger partial charge in [-0.2, -0.15) is 5.26 Å². The second kappa shape index (κ2) is 4.20. The van der Waals surface area contributed by atoms with E-state index in [4.69, 9.17) is 5.26 Å². The van der Waals surface area contributed by atoms with Crippen LogP contribution < -0.4 is 0 Å². The lowest BCUT2D eigenvalue weighted by Crippen LogP contribution is -2.27. The molecule has 0 aliphatic heterocycles. The van der Waals surface area contributed by atoms with Gasteiger partial charge >= 0.3 is 0 Å². The van der Waals surface area contributed by atoms with E-state index in [2.05, 4.69) is 0 Å². The van der Waals surface area contributed by atoms with Gasteiger partial charge in [0.15, 0.2) is 5.60 Å². The fraction of sp³-hybridized carbons (Fsp3) is 0.273. The van der Waals surface area contributed by atoms with Crippen LogP contribution in [0.5, 0.6) is 0 Å². The molecule has 0 bridgehead atoms. The number of carbonyl (C=O) groups excluding carboxylic acids is 1. The van der Waals surface area contributed by atoms with Crippen molar-refractivity contribution in [3.63, 3.8) is 0 Å². The lowest BCUT2D eigenvalue weighted by molar-refractivity contribution is -0.120. The zero-order valence-electron chi connectivity index (χ0n) is 8.20. The van der Waals surface area contributed by atoms with E-state index in [0.717, 1.165) is 6.07 Å². The SMILES string of the molecule is CC(=O)CC(O)(C#N)c1ccccc1F. The maximum absolute atomic E-state index is 13.3. The highest BCUT2D eigenvalue weighted by atomic mass is 19.1. The van der Waals surface area contributed by atoms with Gasteiger partial charge in [0.25, 0.3) is 0 Å². The minimum Gasteiger partial charge on any atom is -0.371 e. The molecule has 1 atom stereocenters. The third kappa shape index (κ3) is 2.39. The molecule has 0 saturated carbocycles. The van der Waals surface area contributed by atoms with Crippen molar-refractivity contribution >= 4 is 5.78 Å². The number of nitriles is 1. The normalized spacial score (nSPS) is 14.0. The van der Waals surface area contributed by atoms with E-state index in [-0.39, 0.29) is 11.3 Å². The van der Waals surface area contributed by atoms with E-state index in [9.17, 15) is 14.3 Å². The summed E-state index contributed by atoms with van der Waals surface area (Å²) in [5, 5.41) is 18.6. The lowest BCUT2D eigenvalue weighted by Gasteiger charge is -2.19. The summed E-state index contributed by atoms with van der Waals surface area (Å²) in [5.41, 5.74) is -2.24. The van der Waals surface area contributed by atoms with Crippen LogP contribution in [0, 0.1) is 17.1 Å². The quantitative estimate of drug-likeness (QED) is 0.764. The number of halogens is 1. The molecule has 4 heteroatoms. The van der Waals surface area contributed by atoms with Crippen molar-refractivity contribution in [2.24, 2.45) is 0 Å². The minimum absolute atomic E-state index is 0.164. The molecule has 1 aromatic rings. The molecule has 0 aromatic heterocycles. The van der Waals surface area contributed by atoms with Gasteiger partial charge in [0.1, 0.15) is 17.7 Å². The average molecular weight is 207 g/mol. The van der Waals surface area contributed by atoms with Crippen LogP contribution in [0.3, 0.4) is 0 Å². The first kappa shape index (κ1) is 11.3. The highest BCUT2D eigenvalue weighted by Gasteiger charge is 2.33. The van der Waals surface area contributed by atoms with E-state index in [0.29, 0.717) is 0 Å². The van der Waals surface area contributed by atoms with E-state index >= 15 is 0 Å². The number of carbonyl (C=O) groups is 1. The molecule has 78 valence electrons. The highest BCUT2D eigenvalue weighted by molar-refractivity contribution is 5.77. The van der Waals surface area contributed by atoms with Gasteiger partial charge in [0, 0.05) is 5.56 Å². The topological polar surface area (TPSA) is 61.1 Å². The van der Waals surface area contributed by atoms with E-state index in [1.807, 2.05) is 0 Å². The molecule has 1 aromatic carbocycles. The Labute approximate surface area is 86.8 Å². The standard InChI is InChI=1S/C11H10FNO2/c1-8(14)6-11(15,7-13)9-4-2-3-5-10(9)12/h2-5,15H,6H2,1H3. The van der Waals surface area contributed by atoms with Crippen molar-refractivity contribution in [2.75, 3.05) is 0 Å². The van der Waals surface area contributed by atoms with Crippen LogP contribution in [-0.4, -0.2) is 10.9 Å². The summed E-state index contributed by atoms with van der Waals surface area (Å²) in [7, 11) is 0. The number of hydrogen-bond donors (Lipinski definition) is 1. The molecule has 0 amide bonds. The van der Waals surface area contributed by atoms with Gasteiger partial charge in [-0.25, -0.2) is 4.39 Å². The zero-order valence-corrected chi connectivity index (χ0v) is 8.20. The summed E-state index contributed by atoms with van der Waals surface area (Å²) in [4.78, 5) is 10.9. The number of nitrogens with zero attached hydrogens (tertiary/aromatic N) is 1. The summed E-state index contributed by atoms with van der Waals surface area (Å²) in [5.74, 6) is -1.06. The van der Waals surface area contributed by atoms with Crippen LogP contribution in [0.15, 0.2) is 24.3 Å². The van der Waals surface area contributed by atoms with Gasteiger partial charge < -0.3 is 5.11 Å². The Balaban J connectivity index is 3.18. The molecule has 0 saturated heterocycles. The first-order chi connectivity index (χ1) is 6.99. The van der Waals surface area contributed by atoms with Gasteiger partial charge in [-0.15, -0.1) is 0 Å². The molecule has 0 heterocycles. The number of benzene rings is 1. The first-order valence-corrected chi connectivity index (χ1v) is 4.37. The predicted molar refractivity (Wildman–Crippen MR) is 51.2 cm³/mol. The fourth-order valence-corrected chi connectivity index (χ4v) is 1.35. The third-order valence-corrected chi connectivity index (χ3v) is 2.01. The number of aliphatic hydroxyl groups is 1. The van der Waals surface area contributed by atoms with Crippen molar-refractivity contribution in [3.05, 3.63) is 35.6 Å². The average Bonchev–Trinajstić information content (AvgIpc) is 2.17. The van der Waals surface area contributed by atoms with Gasteiger partial charge in [-0.1, -0.05) is 18.2 Å². The molecule has 1 rings (SSSR count).